The van der Waals surface area contributed by atoms with Gasteiger partial charge in [-0.05, 0) is 44.8 Å². The van der Waals surface area contributed by atoms with Crippen molar-refractivity contribution in [2.75, 3.05) is 18.1 Å². The van der Waals surface area contributed by atoms with Crippen LogP contribution in [0.5, 0.6) is 0 Å². The fraction of sp³-hybridized carbons (Fsp3) is 0.565. The number of thioether (sulfide) groups is 1. The molecule has 0 aromatic rings. The van der Waals surface area contributed by atoms with Crippen molar-refractivity contribution in [3.8, 4) is 0 Å². The molecular formula is C23H36O3S. The number of hydrogen-bond donors (Lipinski definition) is 0. The van der Waals surface area contributed by atoms with Gasteiger partial charge < -0.3 is 4.74 Å². The van der Waals surface area contributed by atoms with Crippen LogP contribution >= 0.6 is 11.8 Å². The number of ketones is 1. The van der Waals surface area contributed by atoms with Crippen LogP contribution in [0.3, 0.4) is 0 Å². The van der Waals surface area contributed by atoms with E-state index in [2.05, 4.69) is 31.7 Å². The molecule has 0 aliphatic heterocycles. The molecule has 152 valence electrons. The number of carbonyl (C=O) groups excluding carboxylic acids is 2. The molecule has 1 aliphatic rings. The minimum atomic E-state index is -0.271. The number of esters is 1. The summed E-state index contributed by atoms with van der Waals surface area (Å²) >= 11 is 1.60. The van der Waals surface area contributed by atoms with E-state index in [0.29, 0.717) is 18.3 Å². The average Bonchev–Trinajstić information content (AvgIpc) is 2.95. The summed E-state index contributed by atoms with van der Waals surface area (Å²) in [5, 5.41) is 0. The van der Waals surface area contributed by atoms with Gasteiger partial charge in [0.1, 0.15) is 5.78 Å². The van der Waals surface area contributed by atoms with Gasteiger partial charge in [0.15, 0.2) is 0 Å². The average molecular weight is 393 g/mol. The number of ether oxygens (including phenoxy) is 1. The molecule has 1 unspecified atom stereocenters. The highest BCUT2D eigenvalue weighted by molar-refractivity contribution is 7.99. The van der Waals surface area contributed by atoms with Gasteiger partial charge in [0, 0.05) is 12.8 Å². The molecule has 0 aromatic heterocycles. The van der Waals surface area contributed by atoms with Crippen LogP contribution in [0, 0.1) is 5.92 Å². The Balaban J connectivity index is 0.00000153. The predicted octanol–water partition coefficient (Wildman–Crippen LogP) is 6.07. The summed E-state index contributed by atoms with van der Waals surface area (Å²) in [6.45, 7) is 10.2. The van der Waals surface area contributed by atoms with Crippen molar-refractivity contribution < 1.29 is 14.3 Å². The van der Waals surface area contributed by atoms with Crippen LogP contribution in [0.15, 0.2) is 48.6 Å². The van der Waals surface area contributed by atoms with E-state index >= 15 is 0 Å². The standard InChI is InChI=1S/C19H28O3S.C4H8/c1-3-16(2)14-23-15-18(20)10-11-19(21)22-13-12-17-8-6-4-5-7-9-17;1-3-4-2/h3-4,6,8,16H,1,5,7,9-15H2,2H3;3-4H,1-2H3/b;4-3-. The molecule has 0 N–H and O–H groups in total. The van der Waals surface area contributed by atoms with Crippen LogP contribution in [-0.4, -0.2) is 29.9 Å². The Labute approximate surface area is 170 Å². The maximum absolute atomic E-state index is 11.7. The first kappa shape index (κ1) is 25.4. The van der Waals surface area contributed by atoms with Gasteiger partial charge in [-0.3, -0.25) is 9.59 Å². The van der Waals surface area contributed by atoms with Gasteiger partial charge in [-0.1, -0.05) is 49.0 Å². The van der Waals surface area contributed by atoms with Gasteiger partial charge in [0.25, 0.3) is 0 Å². The lowest BCUT2D eigenvalue weighted by molar-refractivity contribution is -0.144. The maximum atomic E-state index is 11.7. The van der Waals surface area contributed by atoms with Crippen molar-refractivity contribution in [1.29, 1.82) is 0 Å². The van der Waals surface area contributed by atoms with Crippen LogP contribution in [0.4, 0.5) is 0 Å². The van der Waals surface area contributed by atoms with E-state index in [1.807, 2.05) is 32.1 Å². The van der Waals surface area contributed by atoms with E-state index in [4.69, 9.17) is 4.74 Å². The van der Waals surface area contributed by atoms with Gasteiger partial charge in [-0.2, -0.15) is 11.8 Å². The summed E-state index contributed by atoms with van der Waals surface area (Å²) < 4.78 is 5.22. The SMILES string of the molecule is C/C=C\C.C=CC(C)CSCC(=O)CCC(=O)OCCC1=CC=CCCC1. The zero-order valence-corrected chi connectivity index (χ0v) is 18.1. The van der Waals surface area contributed by atoms with Crippen LogP contribution in [0.2, 0.25) is 0 Å². The second-order valence-corrected chi connectivity index (χ2v) is 7.58. The topological polar surface area (TPSA) is 43.4 Å². The Morgan fingerprint density at radius 3 is 2.70 bits per heavy atom. The van der Waals surface area contributed by atoms with Crippen LogP contribution in [0.1, 0.15) is 59.3 Å². The number of allylic oxidation sites excluding steroid dienone is 6. The molecule has 4 heteroatoms. The third-order valence-corrected chi connectivity index (χ3v) is 5.30. The number of hydrogen-bond acceptors (Lipinski definition) is 4. The summed E-state index contributed by atoms with van der Waals surface area (Å²) in [7, 11) is 0. The molecule has 0 spiro atoms. The third-order valence-electron chi connectivity index (χ3n) is 4.01. The first-order valence-corrected chi connectivity index (χ1v) is 11.0. The molecule has 0 amide bonds. The molecule has 1 aliphatic carbocycles. The Hall–Kier alpha value is -1.55. The van der Waals surface area contributed by atoms with Crippen LogP contribution < -0.4 is 0 Å². The summed E-state index contributed by atoms with van der Waals surface area (Å²) in [4.78, 5) is 23.4. The van der Waals surface area contributed by atoms with E-state index < -0.39 is 0 Å². The number of rotatable bonds is 11. The van der Waals surface area contributed by atoms with E-state index in [0.717, 1.165) is 31.4 Å². The van der Waals surface area contributed by atoms with Crippen molar-refractivity contribution in [3.05, 3.63) is 48.6 Å². The van der Waals surface area contributed by atoms with Gasteiger partial charge >= 0.3 is 5.97 Å². The van der Waals surface area contributed by atoms with Crippen LogP contribution in [-0.2, 0) is 14.3 Å². The molecular weight excluding hydrogens is 356 g/mol. The molecule has 1 rings (SSSR count). The van der Waals surface area contributed by atoms with Crippen molar-refractivity contribution in [1.82, 2.24) is 0 Å². The Kier molecular flexibility index (Phi) is 16.8. The fourth-order valence-corrected chi connectivity index (χ4v) is 3.15. The van der Waals surface area contributed by atoms with Crippen molar-refractivity contribution in [2.45, 2.75) is 59.3 Å². The molecule has 0 fully saturated rings. The van der Waals surface area contributed by atoms with Crippen molar-refractivity contribution in [3.63, 3.8) is 0 Å². The molecule has 0 heterocycles. The summed E-state index contributed by atoms with van der Waals surface area (Å²) in [5.41, 5.74) is 1.33. The second kappa shape index (κ2) is 17.8. The zero-order chi connectivity index (χ0) is 20.3. The predicted molar refractivity (Wildman–Crippen MR) is 118 cm³/mol. The van der Waals surface area contributed by atoms with E-state index in [-0.39, 0.29) is 24.6 Å². The van der Waals surface area contributed by atoms with Crippen LogP contribution in [0.25, 0.3) is 0 Å². The minimum absolute atomic E-state index is 0.111. The summed E-state index contributed by atoms with van der Waals surface area (Å²) in [5.74, 6) is 1.60. The molecule has 1 atom stereocenters. The largest absolute Gasteiger partial charge is 0.465 e. The van der Waals surface area contributed by atoms with Gasteiger partial charge in [-0.15, -0.1) is 6.58 Å². The lowest BCUT2D eigenvalue weighted by atomic mass is 10.1. The highest BCUT2D eigenvalue weighted by atomic mass is 32.2. The zero-order valence-electron chi connectivity index (χ0n) is 17.2. The fourth-order valence-electron chi connectivity index (χ4n) is 2.15. The molecule has 3 nitrogen and oxygen atoms in total. The summed E-state index contributed by atoms with van der Waals surface area (Å²) in [6, 6.07) is 0. The van der Waals surface area contributed by atoms with Crippen molar-refractivity contribution >= 4 is 23.5 Å². The first-order chi connectivity index (χ1) is 13.0. The van der Waals surface area contributed by atoms with E-state index in [9.17, 15) is 9.59 Å². The lowest BCUT2D eigenvalue weighted by Gasteiger charge is -2.07. The van der Waals surface area contributed by atoms with E-state index in [1.165, 1.54) is 5.57 Å². The first-order valence-electron chi connectivity index (χ1n) is 9.82. The Bertz CT molecular complexity index is 514. The molecule has 0 radical (unpaired) electrons. The molecule has 0 bridgehead atoms. The monoisotopic (exact) mass is 392 g/mol. The quantitative estimate of drug-likeness (QED) is 0.316. The highest BCUT2D eigenvalue weighted by Crippen LogP contribution is 2.16. The second-order valence-electron chi connectivity index (χ2n) is 6.55. The Morgan fingerprint density at radius 2 is 2.04 bits per heavy atom. The third kappa shape index (κ3) is 16.4. The Morgan fingerprint density at radius 1 is 1.30 bits per heavy atom. The molecule has 0 aromatic carbocycles. The normalized spacial score (nSPS) is 14.6. The maximum Gasteiger partial charge on any atom is 0.306 e. The minimum Gasteiger partial charge on any atom is -0.465 e. The summed E-state index contributed by atoms with van der Waals surface area (Å²) in [6.07, 6.45) is 16.8. The molecule has 0 saturated heterocycles. The highest BCUT2D eigenvalue weighted by Gasteiger charge is 2.09. The smallest absolute Gasteiger partial charge is 0.306 e. The molecule has 27 heavy (non-hydrogen) atoms. The van der Waals surface area contributed by atoms with E-state index in [1.54, 1.807) is 11.8 Å². The molecule has 0 saturated carbocycles. The van der Waals surface area contributed by atoms with Crippen molar-refractivity contribution in [2.24, 2.45) is 5.92 Å². The van der Waals surface area contributed by atoms with Gasteiger partial charge in [-0.25, -0.2) is 0 Å². The number of Topliss-reactive ketones (excluding diaryl/α,β-unsaturated/α-hetero) is 1. The van der Waals surface area contributed by atoms with Gasteiger partial charge in [0.2, 0.25) is 0 Å². The van der Waals surface area contributed by atoms with Gasteiger partial charge in [0.05, 0.1) is 18.8 Å². The number of carbonyl (C=O) groups is 2. The lowest BCUT2D eigenvalue weighted by Crippen LogP contribution is -2.11.